The van der Waals surface area contributed by atoms with Gasteiger partial charge in [0.1, 0.15) is 5.69 Å². The van der Waals surface area contributed by atoms with Crippen LogP contribution in [0.25, 0.3) is 0 Å². The molecule has 0 fully saturated rings. The molecule has 0 saturated heterocycles. The number of carbonyl (C=O) groups is 1. The molecule has 118 valence electrons. The lowest BCUT2D eigenvalue weighted by molar-refractivity contribution is 0.0526. The van der Waals surface area contributed by atoms with Crippen molar-refractivity contribution in [2.24, 2.45) is 0 Å². The van der Waals surface area contributed by atoms with E-state index in [0.717, 1.165) is 22.3 Å². The van der Waals surface area contributed by atoms with Gasteiger partial charge in [-0.25, -0.2) is 17.6 Å². The highest BCUT2D eigenvalue weighted by Crippen LogP contribution is 2.33. The Hall–Kier alpha value is -1.28. The van der Waals surface area contributed by atoms with E-state index in [0.29, 0.717) is 0 Å². The average Bonchev–Trinajstić information content (AvgIpc) is 2.40. The zero-order chi connectivity index (χ0) is 16.2. The predicted molar refractivity (Wildman–Crippen MR) is 82.0 cm³/mol. The SMILES string of the molecule is CCOC(=O)c1ccc(SC)c(F)c1N(CC)S(C)(=O)=O. The van der Waals surface area contributed by atoms with Gasteiger partial charge in [-0.1, -0.05) is 0 Å². The lowest BCUT2D eigenvalue weighted by atomic mass is 10.1. The number of halogens is 1. The van der Waals surface area contributed by atoms with Gasteiger partial charge < -0.3 is 4.74 Å². The van der Waals surface area contributed by atoms with Crippen LogP contribution < -0.4 is 4.31 Å². The molecule has 0 atom stereocenters. The van der Waals surface area contributed by atoms with Gasteiger partial charge in [0.2, 0.25) is 10.0 Å². The Morgan fingerprint density at radius 1 is 1.38 bits per heavy atom. The van der Waals surface area contributed by atoms with E-state index < -0.39 is 21.8 Å². The molecule has 0 saturated carbocycles. The number of ether oxygens (including phenoxy) is 1. The third kappa shape index (κ3) is 3.88. The fraction of sp³-hybridized carbons (Fsp3) is 0.462. The van der Waals surface area contributed by atoms with Crippen molar-refractivity contribution in [1.29, 1.82) is 0 Å². The first kappa shape index (κ1) is 17.8. The minimum absolute atomic E-state index is 0.0139. The molecule has 0 spiro atoms. The summed E-state index contributed by atoms with van der Waals surface area (Å²) in [6.45, 7) is 3.33. The van der Waals surface area contributed by atoms with Crippen molar-refractivity contribution >= 4 is 33.4 Å². The van der Waals surface area contributed by atoms with Crippen molar-refractivity contribution in [1.82, 2.24) is 0 Å². The maximum Gasteiger partial charge on any atom is 0.340 e. The monoisotopic (exact) mass is 335 g/mol. The maximum atomic E-state index is 14.6. The topological polar surface area (TPSA) is 63.7 Å². The number of thioether (sulfide) groups is 1. The highest BCUT2D eigenvalue weighted by molar-refractivity contribution is 7.98. The van der Waals surface area contributed by atoms with Gasteiger partial charge in [-0.2, -0.15) is 0 Å². The summed E-state index contributed by atoms with van der Waals surface area (Å²) >= 11 is 1.13. The summed E-state index contributed by atoms with van der Waals surface area (Å²) < 4.78 is 44.0. The van der Waals surface area contributed by atoms with Crippen molar-refractivity contribution in [3.63, 3.8) is 0 Å². The molecule has 0 unspecified atom stereocenters. The van der Waals surface area contributed by atoms with E-state index in [-0.39, 0.29) is 29.3 Å². The van der Waals surface area contributed by atoms with Crippen LogP contribution in [-0.2, 0) is 14.8 Å². The summed E-state index contributed by atoms with van der Waals surface area (Å²) in [5.41, 5.74) is -0.357. The van der Waals surface area contributed by atoms with Gasteiger partial charge in [0.25, 0.3) is 0 Å². The summed E-state index contributed by atoms with van der Waals surface area (Å²) in [4.78, 5) is 12.2. The van der Waals surface area contributed by atoms with Crippen LogP contribution in [0.2, 0.25) is 0 Å². The zero-order valence-electron chi connectivity index (χ0n) is 12.3. The predicted octanol–water partition coefficient (Wildman–Crippen LogP) is 2.51. The number of sulfonamides is 1. The Morgan fingerprint density at radius 3 is 2.43 bits per heavy atom. The Morgan fingerprint density at radius 2 is 2.00 bits per heavy atom. The molecule has 0 aliphatic carbocycles. The first-order chi connectivity index (χ1) is 9.77. The fourth-order valence-corrected chi connectivity index (χ4v) is 3.34. The summed E-state index contributed by atoms with van der Waals surface area (Å²) in [7, 11) is -3.71. The summed E-state index contributed by atoms with van der Waals surface area (Å²) in [5, 5.41) is 0. The molecule has 1 aromatic rings. The lowest BCUT2D eigenvalue weighted by Gasteiger charge is -2.24. The highest BCUT2D eigenvalue weighted by Gasteiger charge is 2.27. The number of anilines is 1. The van der Waals surface area contributed by atoms with Gasteiger partial charge in [0, 0.05) is 11.4 Å². The molecule has 1 rings (SSSR count). The summed E-state index contributed by atoms with van der Waals surface area (Å²) in [6.07, 6.45) is 2.64. The van der Waals surface area contributed by atoms with Gasteiger partial charge in [-0.05, 0) is 32.2 Å². The molecular weight excluding hydrogens is 317 g/mol. The molecule has 0 aromatic heterocycles. The third-order valence-electron chi connectivity index (χ3n) is 2.73. The van der Waals surface area contributed by atoms with Gasteiger partial charge >= 0.3 is 5.97 Å². The lowest BCUT2D eigenvalue weighted by Crippen LogP contribution is -2.32. The van der Waals surface area contributed by atoms with E-state index in [9.17, 15) is 17.6 Å². The number of benzene rings is 1. The zero-order valence-corrected chi connectivity index (χ0v) is 14.0. The first-order valence-electron chi connectivity index (χ1n) is 6.29. The van der Waals surface area contributed by atoms with Crippen molar-refractivity contribution < 1.29 is 22.3 Å². The van der Waals surface area contributed by atoms with Gasteiger partial charge in [-0.3, -0.25) is 4.31 Å². The molecule has 5 nitrogen and oxygen atoms in total. The molecule has 0 aliphatic rings. The molecule has 1 aromatic carbocycles. The molecule has 8 heteroatoms. The van der Waals surface area contributed by atoms with Gasteiger partial charge in [-0.15, -0.1) is 11.8 Å². The molecule has 0 N–H and O–H groups in total. The standard InChI is InChI=1S/C13H18FNO4S2/c1-5-15(21(4,17)18)12-9(13(16)19-6-2)7-8-10(20-3)11(12)14/h7-8H,5-6H2,1-4H3. The molecule has 0 aliphatic heterocycles. The molecule has 21 heavy (non-hydrogen) atoms. The Labute approximate surface area is 128 Å². The van der Waals surface area contributed by atoms with Crippen molar-refractivity contribution in [3.05, 3.63) is 23.5 Å². The largest absolute Gasteiger partial charge is 0.462 e. The van der Waals surface area contributed by atoms with E-state index in [4.69, 9.17) is 4.74 Å². The van der Waals surface area contributed by atoms with Crippen molar-refractivity contribution in [2.45, 2.75) is 18.7 Å². The second-order valence-electron chi connectivity index (χ2n) is 4.13. The van der Waals surface area contributed by atoms with E-state index in [1.807, 2.05) is 0 Å². The fourth-order valence-electron chi connectivity index (χ4n) is 1.88. The Balaban J connectivity index is 3.60. The van der Waals surface area contributed by atoms with Crippen molar-refractivity contribution in [3.8, 4) is 0 Å². The summed E-state index contributed by atoms with van der Waals surface area (Å²) in [5.74, 6) is -1.48. The highest BCUT2D eigenvalue weighted by atomic mass is 32.2. The normalized spacial score (nSPS) is 11.3. The average molecular weight is 335 g/mol. The molecular formula is C13H18FNO4S2. The third-order valence-corrected chi connectivity index (χ3v) is 4.73. The van der Waals surface area contributed by atoms with Crippen LogP contribution in [0, 0.1) is 5.82 Å². The Bertz CT molecular complexity index is 631. The van der Waals surface area contributed by atoms with Crippen LogP contribution in [0.5, 0.6) is 0 Å². The van der Waals surface area contributed by atoms with Gasteiger partial charge in [0.05, 0.1) is 18.4 Å². The summed E-state index contributed by atoms with van der Waals surface area (Å²) in [6, 6.07) is 2.82. The van der Waals surface area contributed by atoms with Crippen LogP contribution in [0.1, 0.15) is 24.2 Å². The smallest absolute Gasteiger partial charge is 0.340 e. The molecule has 0 bridgehead atoms. The van der Waals surface area contributed by atoms with Crippen LogP contribution in [0.4, 0.5) is 10.1 Å². The molecule has 0 heterocycles. The minimum Gasteiger partial charge on any atom is -0.462 e. The second kappa shape index (κ2) is 7.13. The van der Waals surface area contributed by atoms with Crippen molar-refractivity contribution in [2.75, 3.05) is 30.0 Å². The van der Waals surface area contributed by atoms with E-state index in [2.05, 4.69) is 0 Å². The van der Waals surface area contributed by atoms with Crippen LogP contribution in [-0.4, -0.2) is 40.1 Å². The number of hydrogen-bond donors (Lipinski definition) is 0. The number of carbonyl (C=O) groups excluding carboxylic acids is 1. The van der Waals surface area contributed by atoms with E-state index in [1.165, 1.54) is 12.1 Å². The minimum atomic E-state index is -3.71. The van der Waals surface area contributed by atoms with Crippen LogP contribution in [0.15, 0.2) is 17.0 Å². The Kier molecular flexibility index (Phi) is 6.03. The number of hydrogen-bond acceptors (Lipinski definition) is 5. The second-order valence-corrected chi connectivity index (χ2v) is 6.88. The van der Waals surface area contributed by atoms with E-state index >= 15 is 0 Å². The molecule has 0 amide bonds. The van der Waals surface area contributed by atoms with Crippen LogP contribution >= 0.6 is 11.8 Å². The first-order valence-corrected chi connectivity index (χ1v) is 9.36. The number of esters is 1. The van der Waals surface area contributed by atoms with Crippen LogP contribution in [0.3, 0.4) is 0 Å². The number of rotatable bonds is 6. The maximum absolute atomic E-state index is 14.6. The quantitative estimate of drug-likeness (QED) is 0.590. The molecule has 0 radical (unpaired) electrons. The van der Waals surface area contributed by atoms with Gasteiger partial charge in [0.15, 0.2) is 5.82 Å². The van der Waals surface area contributed by atoms with E-state index in [1.54, 1.807) is 20.1 Å². The number of nitrogens with zero attached hydrogens (tertiary/aromatic N) is 1.